The Hall–Kier alpha value is -1.53. The molecule has 0 aliphatic carbocycles. The number of nitrogens with zero attached hydrogens (tertiary/aromatic N) is 4. The van der Waals surface area contributed by atoms with Crippen molar-refractivity contribution in [3.05, 3.63) is 24.0 Å². The van der Waals surface area contributed by atoms with E-state index in [2.05, 4.69) is 19.9 Å². The number of nitrogens with two attached hydrogens (primary N) is 1. The summed E-state index contributed by atoms with van der Waals surface area (Å²) in [4.78, 5) is 16.3. The molecule has 0 amide bonds. The summed E-state index contributed by atoms with van der Waals surface area (Å²) in [5.41, 5.74) is 8.74. The molecule has 1 aliphatic rings. The van der Waals surface area contributed by atoms with Crippen molar-refractivity contribution < 1.29 is 0 Å². The minimum Gasteiger partial charge on any atom is -0.339 e. The largest absolute Gasteiger partial charge is 0.339 e. The van der Waals surface area contributed by atoms with E-state index in [4.69, 9.17) is 5.73 Å². The number of rotatable bonds is 2. The second-order valence-electron chi connectivity index (χ2n) is 4.46. The van der Waals surface area contributed by atoms with Gasteiger partial charge in [0.05, 0.1) is 16.1 Å². The van der Waals surface area contributed by atoms with E-state index < -0.39 is 0 Å². The molecule has 3 rings (SSSR count). The third kappa shape index (κ3) is 2.34. The number of aromatic nitrogens is 3. The standard InChI is InChI=1S/C12H15N5S/c13-9-2-1-5-17(7-9)12-15-4-3-10(16-12)11-6-14-8-18-11/h3-4,6,8-9H,1-2,5,7,13H2. The molecule has 0 saturated carbocycles. The van der Waals surface area contributed by atoms with Gasteiger partial charge in [0.2, 0.25) is 5.95 Å². The molecule has 1 fully saturated rings. The van der Waals surface area contributed by atoms with Crippen LogP contribution in [0.4, 0.5) is 5.95 Å². The normalized spacial score (nSPS) is 20.1. The first-order valence-corrected chi connectivity index (χ1v) is 6.93. The van der Waals surface area contributed by atoms with Gasteiger partial charge in [0, 0.05) is 31.5 Å². The molecule has 6 heteroatoms. The van der Waals surface area contributed by atoms with Gasteiger partial charge in [-0.3, -0.25) is 4.98 Å². The molecule has 18 heavy (non-hydrogen) atoms. The van der Waals surface area contributed by atoms with Gasteiger partial charge in [-0.05, 0) is 18.9 Å². The molecule has 0 bridgehead atoms. The van der Waals surface area contributed by atoms with E-state index in [1.807, 2.05) is 17.8 Å². The molecule has 2 aromatic heterocycles. The monoisotopic (exact) mass is 261 g/mol. The first kappa shape index (κ1) is 11.6. The van der Waals surface area contributed by atoms with E-state index in [1.54, 1.807) is 17.5 Å². The van der Waals surface area contributed by atoms with Crippen molar-refractivity contribution in [3.8, 4) is 10.6 Å². The summed E-state index contributed by atoms with van der Waals surface area (Å²) in [5.74, 6) is 0.774. The Balaban J connectivity index is 1.86. The van der Waals surface area contributed by atoms with Crippen molar-refractivity contribution >= 4 is 17.3 Å². The predicted octanol–water partition coefficient (Wildman–Crippen LogP) is 1.53. The van der Waals surface area contributed by atoms with Crippen LogP contribution in [0.15, 0.2) is 24.0 Å². The molecule has 3 heterocycles. The van der Waals surface area contributed by atoms with Crippen LogP contribution in [0, 0.1) is 0 Å². The molecule has 1 atom stereocenters. The summed E-state index contributed by atoms with van der Waals surface area (Å²) in [6.07, 6.45) is 5.83. The molecular formula is C12H15N5S. The minimum absolute atomic E-state index is 0.231. The lowest BCUT2D eigenvalue weighted by atomic mass is 10.1. The average Bonchev–Trinajstić information content (AvgIpc) is 2.93. The van der Waals surface area contributed by atoms with Gasteiger partial charge >= 0.3 is 0 Å². The summed E-state index contributed by atoms with van der Waals surface area (Å²) in [6.45, 7) is 1.83. The summed E-state index contributed by atoms with van der Waals surface area (Å²) in [6, 6.07) is 2.15. The van der Waals surface area contributed by atoms with Crippen molar-refractivity contribution in [2.75, 3.05) is 18.0 Å². The van der Waals surface area contributed by atoms with Crippen LogP contribution in [0.25, 0.3) is 10.6 Å². The Morgan fingerprint density at radius 3 is 3.17 bits per heavy atom. The fourth-order valence-corrected chi connectivity index (χ4v) is 2.76. The lowest BCUT2D eigenvalue weighted by Crippen LogP contribution is -2.43. The number of hydrogen-bond acceptors (Lipinski definition) is 6. The highest BCUT2D eigenvalue weighted by Crippen LogP contribution is 2.23. The second-order valence-corrected chi connectivity index (χ2v) is 5.34. The highest BCUT2D eigenvalue weighted by molar-refractivity contribution is 7.13. The number of thiazole rings is 1. The SMILES string of the molecule is NC1CCCN(c2nccc(-c3cncs3)n2)C1. The smallest absolute Gasteiger partial charge is 0.225 e. The van der Waals surface area contributed by atoms with E-state index in [-0.39, 0.29) is 6.04 Å². The fourth-order valence-electron chi connectivity index (χ4n) is 2.17. The van der Waals surface area contributed by atoms with Gasteiger partial charge in [0.25, 0.3) is 0 Å². The molecule has 2 N–H and O–H groups in total. The van der Waals surface area contributed by atoms with Gasteiger partial charge in [-0.15, -0.1) is 11.3 Å². The Labute approximate surface area is 110 Å². The van der Waals surface area contributed by atoms with E-state index in [9.17, 15) is 0 Å². The zero-order chi connectivity index (χ0) is 12.4. The molecular weight excluding hydrogens is 246 g/mol. The lowest BCUT2D eigenvalue weighted by Gasteiger charge is -2.30. The van der Waals surface area contributed by atoms with Crippen molar-refractivity contribution in [2.24, 2.45) is 5.73 Å². The Kier molecular flexibility index (Phi) is 3.21. The zero-order valence-electron chi connectivity index (χ0n) is 9.99. The van der Waals surface area contributed by atoms with Gasteiger partial charge in [0.15, 0.2) is 0 Å². The summed E-state index contributed by atoms with van der Waals surface area (Å²) >= 11 is 1.59. The molecule has 1 saturated heterocycles. The van der Waals surface area contributed by atoms with Gasteiger partial charge in [-0.1, -0.05) is 0 Å². The van der Waals surface area contributed by atoms with E-state index in [0.717, 1.165) is 42.5 Å². The van der Waals surface area contributed by atoms with Gasteiger partial charge < -0.3 is 10.6 Å². The van der Waals surface area contributed by atoms with Crippen LogP contribution >= 0.6 is 11.3 Å². The van der Waals surface area contributed by atoms with Crippen LogP contribution in [0.5, 0.6) is 0 Å². The third-order valence-corrected chi connectivity index (χ3v) is 3.86. The lowest BCUT2D eigenvalue weighted by molar-refractivity contribution is 0.500. The van der Waals surface area contributed by atoms with Crippen molar-refractivity contribution in [1.29, 1.82) is 0 Å². The molecule has 0 spiro atoms. The van der Waals surface area contributed by atoms with Crippen molar-refractivity contribution in [2.45, 2.75) is 18.9 Å². The molecule has 0 radical (unpaired) electrons. The Morgan fingerprint density at radius 2 is 2.39 bits per heavy atom. The number of hydrogen-bond donors (Lipinski definition) is 1. The minimum atomic E-state index is 0.231. The zero-order valence-corrected chi connectivity index (χ0v) is 10.8. The molecule has 1 aliphatic heterocycles. The van der Waals surface area contributed by atoms with E-state index in [1.165, 1.54) is 0 Å². The third-order valence-electron chi connectivity index (χ3n) is 3.07. The van der Waals surface area contributed by atoms with Crippen LogP contribution in [0.2, 0.25) is 0 Å². The van der Waals surface area contributed by atoms with Gasteiger partial charge in [0.1, 0.15) is 0 Å². The number of anilines is 1. The highest BCUT2D eigenvalue weighted by Gasteiger charge is 2.19. The molecule has 5 nitrogen and oxygen atoms in total. The van der Waals surface area contributed by atoms with Crippen LogP contribution in [0.1, 0.15) is 12.8 Å². The topological polar surface area (TPSA) is 67.9 Å². The van der Waals surface area contributed by atoms with Crippen LogP contribution in [-0.2, 0) is 0 Å². The molecule has 2 aromatic rings. The molecule has 1 unspecified atom stereocenters. The average molecular weight is 261 g/mol. The summed E-state index contributed by atoms with van der Waals surface area (Å²) in [5, 5.41) is 0. The first-order valence-electron chi connectivity index (χ1n) is 6.05. The van der Waals surface area contributed by atoms with Crippen molar-refractivity contribution in [3.63, 3.8) is 0 Å². The Morgan fingerprint density at radius 1 is 1.44 bits per heavy atom. The maximum absolute atomic E-state index is 5.99. The maximum atomic E-state index is 5.99. The van der Waals surface area contributed by atoms with Crippen LogP contribution in [-0.4, -0.2) is 34.1 Å². The second kappa shape index (κ2) is 4.99. The summed E-state index contributed by atoms with van der Waals surface area (Å²) in [7, 11) is 0. The Bertz CT molecular complexity index is 513. The maximum Gasteiger partial charge on any atom is 0.225 e. The van der Waals surface area contributed by atoms with Crippen LogP contribution < -0.4 is 10.6 Å². The highest BCUT2D eigenvalue weighted by atomic mass is 32.1. The van der Waals surface area contributed by atoms with Gasteiger partial charge in [-0.25, -0.2) is 9.97 Å². The predicted molar refractivity (Wildman–Crippen MR) is 72.6 cm³/mol. The van der Waals surface area contributed by atoms with Crippen LogP contribution in [0.3, 0.4) is 0 Å². The van der Waals surface area contributed by atoms with Crippen molar-refractivity contribution in [1.82, 2.24) is 15.0 Å². The summed E-state index contributed by atoms with van der Waals surface area (Å²) < 4.78 is 0. The van der Waals surface area contributed by atoms with E-state index >= 15 is 0 Å². The van der Waals surface area contributed by atoms with E-state index in [0.29, 0.717) is 0 Å². The fraction of sp³-hybridized carbons (Fsp3) is 0.417. The molecule has 94 valence electrons. The quantitative estimate of drug-likeness (QED) is 0.888. The first-order chi connectivity index (χ1) is 8.83. The molecule has 0 aromatic carbocycles. The van der Waals surface area contributed by atoms with Gasteiger partial charge in [-0.2, -0.15) is 0 Å². The number of piperidine rings is 1.